The van der Waals surface area contributed by atoms with Crippen molar-refractivity contribution in [2.45, 2.75) is 11.8 Å². The Morgan fingerprint density at radius 3 is 2.80 bits per heavy atom. The van der Waals surface area contributed by atoms with Crippen LogP contribution in [0.2, 0.25) is 5.02 Å². The minimum absolute atomic E-state index is 0.0906. The number of benzene rings is 2. The highest BCUT2D eigenvalue weighted by atomic mass is 35.5. The van der Waals surface area contributed by atoms with Crippen LogP contribution >= 0.6 is 23.4 Å². The Hall–Kier alpha value is -2.11. The summed E-state index contributed by atoms with van der Waals surface area (Å²) < 4.78 is 5.21. The molecule has 2 aromatic carbocycles. The number of aromatic hydroxyl groups is 1. The largest absolute Gasteiger partial charge is 0.504 e. The van der Waals surface area contributed by atoms with E-state index in [1.54, 1.807) is 24.9 Å². The van der Waals surface area contributed by atoms with Gasteiger partial charge in [0.2, 0.25) is 0 Å². The number of hydrogen-bond donors (Lipinski definition) is 1. The standard InChI is InChI=1S/C19H17ClN2O2S/c1-24-17-10-14(6-7-16(17)23)22-9-8-15-18(11-22)25-19(21-15)12-2-4-13(20)5-3-12/h2-7,10-11,19,23H,8-9H2,1H3. The van der Waals surface area contributed by atoms with Gasteiger partial charge >= 0.3 is 0 Å². The Labute approximate surface area is 155 Å². The summed E-state index contributed by atoms with van der Waals surface area (Å²) in [6.45, 7) is 0.851. The van der Waals surface area contributed by atoms with E-state index in [1.807, 2.05) is 36.4 Å². The van der Waals surface area contributed by atoms with Crippen molar-refractivity contribution in [3.8, 4) is 11.5 Å². The van der Waals surface area contributed by atoms with E-state index < -0.39 is 0 Å². The van der Waals surface area contributed by atoms with Gasteiger partial charge in [0.1, 0.15) is 5.37 Å². The van der Waals surface area contributed by atoms with Crippen molar-refractivity contribution in [3.63, 3.8) is 0 Å². The van der Waals surface area contributed by atoms with Crippen LogP contribution in [0.3, 0.4) is 0 Å². The first-order valence-electron chi connectivity index (χ1n) is 7.98. The Kier molecular flexibility index (Phi) is 4.36. The molecule has 6 heteroatoms. The van der Waals surface area contributed by atoms with Crippen molar-refractivity contribution in [1.82, 2.24) is 0 Å². The van der Waals surface area contributed by atoms with Crippen LogP contribution in [0.1, 0.15) is 17.4 Å². The van der Waals surface area contributed by atoms with Crippen LogP contribution in [0.4, 0.5) is 5.69 Å². The summed E-state index contributed by atoms with van der Waals surface area (Å²) in [6.07, 6.45) is 3.03. The van der Waals surface area contributed by atoms with Crippen LogP contribution in [0.15, 0.2) is 58.6 Å². The van der Waals surface area contributed by atoms with Crippen molar-refractivity contribution in [3.05, 3.63) is 64.2 Å². The van der Waals surface area contributed by atoms with Crippen LogP contribution in [-0.4, -0.2) is 24.5 Å². The molecule has 2 aliphatic rings. The molecule has 1 atom stereocenters. The molecule has 2 aliphatic heterocycles. The summed E-state index contributed by atoms with van der Waals surface area (Å²) in [5.41, 5.74) is 3.32. The lowest BCUT2D eigenvalue weighted by Crippen LogP contribution is -2.25. The lowest BCUT2D eigenvalue weighted by atomic mass is 10.1. The minimum Gasteiger partial charge on any atom is -0.504 e. The number of methoxy groups -OCH3 is 1. The molecule has 0 bridgehead atoms. The third-order valence-electron chi connectivity index (χ3n) is 4.31. The number of aliphatic imine (C=N–C) groups is 1. The molecule has 0 radical (unpaired) electrons. The Morgan fingerprint density at radius 1 is 1.24 bits per heavy atom. The SMILES string of the molecule is COc1cc(N2C=C3SC(c4ccc(Cl)cc4)N=C3CC2)ccc1O. The molecule has 25 heavy (non-hydrogen) atoms. The van der Waals surface area contributed by atoms with Crippen molar-refractivity contribution >= 4 is 34.8 Å². The first kappa shape index (κ1) is 16.4. The number of ether oxygens (including phenoxy) is 1. The summed E-state index contributed by atoms with van der Waals surface area (Å²) >= 11 is 7.73. The Bertz CT molecular complexity index is 864. The molecule has 1 N–H and O–H groups in total. The van der Waals surface area contributed by atoms with Gasteiger partial charge in [0.15, 0.2) is 11.5 Å². The molecule has 1 unspecified atom stereocenters. The van der Waals surface area contributed by atoms with Crippen molar-refractivity contribution in [1.29, 1.82) is 0 Å². The molecule has 2 aromatic rings. The first-order chi connectivity index (χ1) is 12.1. The highest BCUT2D eigenvalue weighted by Crippen LogP contribution is 2.45. The molecular weight excluding hydrogens is 356 g/mol. The van der Waals surface area contributed by atoms with Gasteiger partial charge < -0.3 is 14.7 Å². The van der Waals surface area contributed by atoms with Crippen LogP contribution < -0.4 is 9.64 Å². The maximum atomic E-state index is 9.77. The fraction of sp³-hybridized carbons (Fsp3) is 0.211. The van der Waals surface area contributed by atoms with Gasteiger partial charge in [-0.05, 0) is 29.8 Å². The number of fused-ring (bicyclic) bond motifs is 1. The first-order valence-corrected chi connectivity index (χ1v) is 9.24. The minimum atomic E-state index is 0.0906. The summed E-state index contributed by atoms with van der Waals surface area (Å²) in [6, 6.07) is 13.3. The second-order valence-corrected chi connectivity index (χ2v) is 7.45. The van der Waals surface area contributed by atoms with E-state index in [1.165, 1.54) is 4.91 Å². The fourth-order valence-corrected chi connectivity index (χ4v) is 4.28. The van der Waals surface area contributed by atoms with E-state index in [4.69, 9.17) is 21.3 Å². The smallest absolute Gasteiger partial charge is 0.162 e. The highest BCUT2D eigenvalue weighted by Gasteiger charge is 2.28. The molecule has 0 fully saturated rings. The number of allylic oxidation sites excluding steroid dienone is 1. The van der Waals surface area contributed by atoms with Crippen LogP contribution in [0, 0.1) is 0 Å². The van der Waals surface area contributed by atoms with Gasteiger partial charge in [0, 0.05) is 40.8 Å². The quantitative estimate of drug-likeness (QED) is 0.824. The third kappa shape index (κ3) is 3.22. The molecule has 4 nitrogen and oxygen atoms in total. The second kappa shape index (κ2) is 6.65. The van der Waals surface area contributed by atoms with E-state index in [0.29, 0.717) is 5.75 Å². The zero-order valence-electron chi connectivity index (χ0n) is 13.6. The lowest BCUT2D eigenvalue weighted by molar-refractivity contribution is 0.373. The number of thioether (sulfide) groups is 1. The van der Waals surface area contributed by atoms with Gasteiger partial charge in [0.25, 0.3) is 0 Å². The third-order valence-corrected chi connectivity index (χ3v) is 5.76. The maximum absolute atomic E-state index is 9.77. The monoisotopic (exact) mass is 372 g/mol. The average Bonchev–Trinajstić information content (AvgIpc) is 3.06. The molecule has 0 amide bonds. The molecule has 0 saturated heterocycles. The van der Waals surface area contributed by atoms with Gasteiger partial charge in [-0.15, -0.1) is 0 Å². The number of phenolic OH excluding ortho intramolecular Hbond substituents is 1. The summed E-state index contributed by atoms with van der Waals surface area (Å²) in [5, 5.41) is 10.6. The van der Waals surface area contributed by atoms with Crippen molar-refractivity contribution < 1.29 is 9.84 Å². The summed E-state index contributed by atoms with van der Waals surface area (Å²) in [7, 11) is 1.56. The molecule has 0 saturated carbocycles. The van der Waals surface area contributed by atoms with E-state index >= 15 is 0 Å². The molecule has 4 rings (SSSR count). The predicted molar refractivity (Wildman–Crippen MR) is 104 cm³/mol. The zero-order valence-corrected chi connectivity index (χ0v) is 15.2. The highest BCUT2D eigenvalue weighted by molar-refractivity contribution is 8.04. The summed E-state index contributed by atoms with van der Waals surface area (Å²) in [5.74, 6) is 0.629. The van der Waals surface area contributed by atoms with Gasteiger partial charge in [-0.3, -0.25) is 4.99 Å². The van der Waals surface area contributed by atoms with Crippen molar-refractivity contribution in [2.75, 3.05) is 18.6 Å². The lowest BCUT2D eigenvalue weighted by Gasteiger charge is -2.26. The van der Waals surface area contributed by atoms with Crippen LogP contribution in [0.25, 0.3) is 0 Å². The second-order valence-electron chi connectivity index (χ2n) is 5.89. The van der Waals surface area contributed by atoms with Gasteiger partial charge in [-0.1, -0.05) is 35.5 Å². The predicted octanol–water partition coefficient (Wildman–Crippen LogP) is 4.99. The molecule has 0 spiro atoms. The van der Waals surface area contributed by atoms with Crippen LogP contribution in [0.5, 0.6) is 11.5 Å². The van der Waals surface area contributed by atoms with Gasteiger partial charge in [-0.2, -0.15) is 0 Å². The zero-order chi connectivity index (χ0) is 17.4. The van der Waals surface area contributed by atoms with Gasteiger partial charge in [-0.25, -0.2) is 0 Å². The number of hydrogen-bond acceptors (Lipinski definition) is 5. The van der Waals surface area contributed by atoms with Crippen molar-refractivity contribution in [2.24, 2.45) is 4.99 Å². The number of phenols is 1. The molecular formula is C19H17ClN2O2S. The van der Waals surface area contributed by atoms with Crippen LogP contribution in [-0.2, 0) is 0 Å². The maximum Gasteiger partial charge on any atom is 0.162 e. The normalized spacial score (nSPS) is 19.3. The molecule has 0 aliphatic carbocycles. The number of halogens is 1. The number of rotatable bonds is 3. The molecule has 128 valence electrons. The Balaban J connectivity index is 1.58. The number of anilines is 1. The van der Waals surface area contributed by atoms with Gasteiger partial charge in [0.05, 0.1) is 12.8 Å². The number of nitrogens with zero attached hydrogens (tertiary/aromatic N) is 2. The Morgan fingerprint density at radius 2 is 2.04 bits per heavy atom. The summed E-state index contributed by atoms with van der Waals surface area (Å²) in [4.78, 5) is 8.23. The fourth-order valence-electron chi connectivity index (χ4n) is 2.96. The van der Waals surface area contributed by atoms with E-state index in [-0.39, 0.29) is 11.1 Å². The average molecular weight is 373 g/mol. The van der Waals surface area contributed by atoms with E-state index in [2.05, 4.69) is 11.1 Å². The van der Waals surface area contributed by atoms with E-state index in [9.17, 15) is 5.11 Å². The molecule has 2 heterocycles. The topological polar surface area (TPSA) is 45.1 Å². The van der Waals surface area contributed by atoms with E-state index in [0.717, 1.165) is 35.0 Å². The molecule has 0 aromatic heterocycles.